The van der Waals surface area contributed by atoms with Crippen LogP contribution in [0.4, 0.5) is 28.7 Å². The van der Waals surface area contributed by atoms with Gasteiger partial charge in [-0.25, -0.2) is 49.5 Å². The molecule has 590 valence electrons. The largest absolute Gasteiger partial charge is 0.368 e. The fraction of sp³-hybridized carbons (Fsp3) is 0.410. The van der Waals surface area contributed by atoms with Gasteiger partial charge in [-0.05, 0) is 188 Å². The van der Waals surface area contributed by atoms with Crippen molar-refractivity contribution in [1.29, 1.82) is 0 Å². The van der Waals surface area contributed by atoms with Crippen LogP contribution >= 0.6 is 34.8 Å². The number of carbonyl (C=O) groups is 3. The fourth-order valence-electron chi connectivity index (χ4n) is 14.3. The lowest BCUT2D eigenvalue weighted by Crippen LogP contribution is -2.39. The van der Waals surface area contributed by atoms with E-state index in [9.17, 15) is 35.4 Å². The van der Waals surface area contributed by atoms with Crippen LogP contribution in [0.25, 0.3) is 16.9 Å². The van der Waals surface area contributed by atoms with Crippen molar-refractivity contribution in [1.82, 2.24) is 58.5 Å². The lowest BCUT2D eigenvalue weighted by molar-refractivity contribution is 0.0600. The SMILES string of the molecule is C=S(C)(=O)Nc1ccc(Cl)cc1C(=O)N1CCCC[C@H]1c1cc2nc(NCC(C)N)c(C)cn2n1.Cc1cn2nc([C@@H]3CCCCN3C(=O)c3cc(Cl)ccc3NS(C)(=O)=O)cc2nc1CCC1(C)CC1.Cc1cn2nc([C@@H]3CCCCN3C(=O)c3cc(Cl)ccc3NS(C)(=O)=O)cc2nc1NCC(N)c1ccccc1. The van der Waals surface area contributed by atoms with Crippen LogP contribution in [0.15, 0.2) is 122 Å². The van der Waals surface area contributed by atoms with Crippen LogP contribution < -0.4 is 36.3 Å². The molecule has 9 N–H and O–H groups in total. The predicted molar refractivity (Wildman–Crippen MR) is 442 cm³/mol. The Balaban J connectivity index is 0.000000155. The second-order valence-corrected chi connectivity index (χ2v) is 37.1. The number of likely N-dealkylation sites (tertiary alicyclic amines) is 3. The van der Waals surface area contributed by atoms with Gasteiger partial charge in [-0.1, -0.05) is 72.1 Å². The van der Waals surface area contributed by atoms with E-state index in [0.29, 0.717) is 75.8 Å². The van der Waals surface area contributed by atoms with E-state index in [-0.39, 0.29) is 70.4 Å². The molecule has 4 aliphatic rings. The third kappa shape index (κ3) is 20.6. The highest BCUT2D eigenvalue weighted by Crippen LogP contribution is 2.49. The first kappa shape index (κ1) is 81.4. The molecule has 0 spiro atoms. The van der Waals surface area contributed by atoms with Gasteiger partial charge < -0.3 is 41.5 Å². The van der Waals surface area contributed by atoms with Crippen LogP contribution in [0.5, 0.6) is 0 Å². The number of amides is 3. The fourth-order valence-corrected chi connectivity index (χ4v) is 16.6. The minimum atomic E-state index is -3.60. The van der Waals surface area contributed by atoms with Crippen molar-refractivity contribution >= 4 is 134 Å². The molecule has 6 atom stereocenters. The zero-order valence-electron chi connectivity index (χ0n) is 63.5. The number of rotatable bonds is 22. The molecule has 10 aromatic rings. The lowest BCUT2D eigenvalue weighted by Gasteiger charge is -2.35. The second-order valence-electron chi connectivity index (χ2n) is 30.1. The number of hydrogen-bond donors (Lipinski definition) is 7. The number of aryl methyl sites for hydroxylation is 4. The Hall–Kier alpha value is -9.14. The smallest absolute Gasteiger partial charge is 0.256 e. The Morgan fingerprint density at radius 2 is 0.910 bits per heavy atom. The average Bonchev–Trinajstić information content (AvgIpc) is 1.71. The lowest BCUT2D eigenvalue weighted by atomic mass is 9.98. The highest BCUT2D eigenvalue weighted by molar-refractivity contribution is 8.00. The number of halogens is 3. The van der Waals surface area contributed by atoms with E-state index >= 15 is 0 Å². The molecule has 9 heterocycles. The molecular weight excluding hydrogens is 1530 g/mol. The van der Waals surface area contributed by atoms with Gasteiger partial charge in [0.2, 0.25) is 20.0 Å². The van der Waals surface area contributed by atoms with Gasteiger partial charge in [0.15, 0.2) is 16.9 Å². The van der Waals surface area contributed by atoms with Gasteiger partial charge in [0.25, 0.3) is 17.7 Å². The number of nitrogens with zero attached hydrogens (tertiary/aromatic N) is 12. The van der Waals surface area contributed by atoms with Gasteiger partial charge >= 0.3 is 0 Å². The molecule has 3 saturated heterocycles. The molecule has 6 aromatic heterocycles. The van der Waals surface area contributed by atoms with E-state index in [1.165, 1.54) is 43.4 Å². The van der Waals surface area contributed by atoms with E-state index < -0.39 is 29.8 Å². The van der Waals surface area contributed by atoms with Crippen molar-refractivity contribution in [2.45, 2.75) is 148 Å². The topological polar surface area (TPSA) is 349 Å². The number of sulfonamides is 2. The molecule has 27 nitrogen and oxygen atoms in total. The highest BCUT2D eigenvalue weighted by atomic mass is 35.5. The molecule has 14 rings (SSSR count). The van der Waals surface area contributed by atoms with Gasteiger partial charge in [0.1, 0.15) is 11.6 Å². The summed E-state index contributed by atoms with van der Waals surface area (Å²) in [5.41, 5.74) is 23.9. The first-order valence-electron chi connectivity index (χ1n) is 37.1. The first-order chi connectivity index (χ1) is 52.6. The maximum Gasteiger partial charge on any atom is 0.256 e. The van der Waals surface area contributed by atoms with E-state index in [1.807, 2.05) is 92.8 Å². The van der Waals surface area contributed by atoms with Crippen LogP contribution in [0.1, 0.15) is 191 Å². The molecule has 0 bridgehead atoms. The molecule has 3 unspecified atom stereocenters. The van der Waals surface area contributed by atoms with Crippen molar-refractivity contribution in [3.05, 3.63) is 199 Å². The van der Waals surface area contributed by atoms with E-state index in [1.54, 1.807) is 53.7 Å². The Kier molecular flexibility index (Phi) is 25.0. The maximum absolute atomic E-state index is 13.8. The number of benzene rings is 4. The quantitative estimate of drug-likeness (QED) is 0.0310. The number of fused-ring (bicyclic) bond motifs is 3. The number of aromatic nitrogens is 9. The summed E-state index contributed by atoms with van der Waals surface area (Å²) in [5.74, 6) is 4.37. The summed E-state index contributed by atoms with van der Waals surface area (Å²) in [7, 11) is -9.74. The van der Waals surface area contributed by atoms with Crippen molar-refractivity contribution in [3.8, 4) is 0 Å². The third-order valence-electron chi connectivity index (χ3n) is 20.3. The Morgan fingerprint density at radius 1 is 0.532 bits per heavy atom. The van der Waals surface area contributed by atoms with Crippen molar-refractivity contribution in [2.24, 2.45) is 16.9 Å². The van der Waals surface area contributed by atoms with E-state index in [2.05, 4.69) is 44.5 Å². The highest BCUT2D eigenvalue weighted by Gasteiger charge is 2.38. The molecule has 3 aliphatic heterocycles. The number of carbonyl (C=O) groups excluding carboxylic acids is 3. The van der Waals surface area contributed by atoms with Crippen LogP contribution in [-0.4, -0.2) is 161 Å². The van der Waals surface area contributed by atoms with Gasteiger partial charge in [-0.3, -0.25) is 23.8 Å². The van der Waals surface area contributed by atoms with Crippen LogP contribution in [0.2, 0.25) is 15.1 Å². The molecule has 4 fully saturated rings. The summed E-state index contributed by atoms with van der Waals surface area (Å²) in [6.45, 7) is 13.1. The van der Waals surface area contributed by atoms with Crippen LogP contribution in [-0.2, 0) is 36.2 Å². The minimum absolute atomic E-state index is 0.00477. The van der Waals surface area contributed by atoms with Gasteiger partial charge in [-0.2, -0.15) is 15.3 Å². The summed E-state index contributed by atoms with van der Waals surface area (Å²) in [6.07, 6.45) is 21.9. The van der Waals surface area contributed by atoms with Crippen molar-refractivity contribution in [3.63, 3.8) is 0 Å². The summed E-state index contributed by atoms with van der Waals surface area (Å²) in [6, 6.07) is 28.9. The number of nitrogens with one attached hydrogen (secondary N) is 5. The molecule has 4 aromatic carbocycles. The zero-order valence-corrected chi connectivity index (χ0v) is 68.2. The van der Waals surface area contributed by atoms with Crippen LogP contribution in [0.3, 0.4) is 0 Å². The number of piperidine rings is 3. The Morgan fingerprint density at radius 3 is 1.29 bits per heavy atom. The standard InChI is InChI=1S/C28H32ClN7O3S.C26H32ClN5O3S.C24H32ClN7O2S/c1-18-17-36-26(32-27(18)31-16-22(30)19-8-4-3-5-9-19)15-24(33-36)25-10-6-7-13-35(25)28(37)21-14-20(29)11-12-23(21)34-40(2,38)39;1-17-16-32-24(28-20(17)9-10-26(2)11-12-26)15-22(29-32)23-6-4-5-13-31(23)25(33)19-14-18(27)7-8-21(19)30-36(3,34)35;1-15-14-32-22(28-23(15)27-13-16(2)26)12-20(29-32)21-7-5-6-10-31(21)24(33)18-11-17(25)8-9-19(18)30-35(3,4)34/h3-5,8-9,11-12,14-15,17,22,25,34H,6-7,10,13,16,30H2,1-2H3,(H,31,32);7-8,14-16,23,30H,4-6,9-13H2,1-3H3;8-9,11-12,14,16,21H,3,5-7,10,13,26H2,1-2,4H3,(H,27,28)(H,30,34)/t22?,25-;23-;16?,21-,35?/m000/s1. The minimum Gasteiger partial charge on any atom is -0.368 e. The monoisotopic (exact) mass is 1630 g/mol. The van der Waals surface area contributed by atoms with Gasteiger partial charge in [0.05, 0.1) is 81.5 Å². The summed E-state index contributed by atoms with van der Waals surface area (Å²) in [5, 5.41) is 22.1. The summed E-state index contributed by atoms with van der Waals surface area (Å²) in [4.78, 5) is 61.1. The Bertz CT molecular complexity index is 5490. The summed E-state index contributed by atoms with van der Waals surface area (Å²) < 4.78 is 73.0. The zero-order chi connectivity index (χ0) is 79.4. The number of anilines is 5. The van der Waals surface area contributed by atoms with E-state index in [4.69, 9.17) is 76.5 Å². The molecule has 33 heteroatoms. The normalized spacial score (nSPS) is 18.2. The molecule has 111 heavy (non-hydrogen) atoms. The average molecular weight is 1630 g/mol. The van der Waals surface area contributed by atoms with Crippen LogP contribution in [0, 0.1) is 26.2 Å². The number of nitrogens with two attached hydrogens (primary N) is 2. The van der Waals surface area contributed by atoms with Crippen molar-refractivity contribution < 1.29 is 35.4 Å². The molecule has 3 amide bonds. The predicted octanol–water partition coefficient (Wildman–Crippen LogP) is 13.2. The van der Waals surface area contributed by atoms with Gasteiger partial charge in [0, 0.05) is 129 Å². The molecule has 1 saturated carbocycles. The van der Waals surface area contributed by atoms with Gasteiger partial charge in [-0.15, -0.1) is 0 Å². The second kappa shape index (κ2) is 34.1. The molecular formula is C78H96Cl3N19O8S3. The van der Waals surface area contributed by atoms with Crippen molar-refractivity contribution in [2.75, 3.05) is 76.3 Å². The number of hydrogen-bond acceptors (Lipinski definition) is 18. The Labute approximate surface area is 663 Å². The van der Waals surface area contributed by atoms with E-state index in [0.717, 1.165) is 145 Å². The molecule has 1 aliphatic carbocycles. The maximum atomic E-state index is 13.8. The first-order valence-corrected chi connectivity index (χ1v) is 44.2. The third-order valence-corrected chi connectivity index (χ3v) is 22.8. The summed E-state index contributed by atoms with van der Waals surface area (Å²) >= 11 is 18.6. The molecule has 0 radical (unpaired) electrons.